The van der Waals surface area contributed by atoms with Gasteiger partial charge in [0.25, 0.3) is 0 Å². The maximum Gasteiger partial charge on any atom is 0.203 e. The number of carbonyl (C=O) groups is 1. The number of hydrogen-bond acceptors (Lipinski definition) is 8. The van der Waals surface area contributed by atoms with E-state index in [-0.39, 0.29) is 11.8 Å². The molecule has 1 aliphatic heterocycles. The first-order chi connectivity index (χ1) is 15.2. The number of hydrogen-bond donors (Lipinski definition) is 4. The van der Waals surface area contributed by atoms with Crippen molar-refractivity contribution in [2.24, 2.45) is 17.3 Å². The summed E-state index contributed by atoms with van der Waals surface area (Å²) in [6.45, 7) is 2.12. The Hall–Kier alpha value is -1.71. The molecular formula is C24H31O8-. The standard InChI is InChI=1S/C24H32O8/c1-24-7-6-14-13-5-3-12(31-19-10-17(25)20(27)21(32-19)23(29)30)8-11(13)2-4-15(14)16(24)9-18(26)22(24)28/h3,5,8,14-22,25-28H,2,4,6-7,9-10H2,1H3,(H,29,30)/p-1. The molecule has 1 saturated heterocycles. The molecule has 0 aromatic heterocycles. The molecule has 3 aliphatic carbocycles. The third kappa shape index (κ3) is 3.44. The van der Waals surface area contributed by atoms with Gasteiger partial charge in [-0.1, -0.05) is 13.0 Å². The van der Waals surface area contributed by atoms with Crippen LogP contribution < -0.4 is 9.84 Å². The highest BCUT2D eigenvalue weighted by Gasteiger charge is 2.57. The maximum absolute atomic E-state index is 11.2. The van der Waals surface area contributed by atoms with Crippen molar-refractivity contribution in [1.29, 1.82) is 0 Å². The molecule has 4 aliphatic rings. The van der Waals surface area contributed by atoms with Crippen LogP contribution >= 0.6 is 0 Å². The molecule has 176 valence electrons. The van der Waals surface area contributed by atoms with E-state index < -0.39 is 42.8 Å². The number of ether oxygens (including phenoxy) is 2. The van der Waals surface area contributed by atoms with Gasteiger partial charge in [0.1, 0.15) is 18.0 Å². The van der Waals surface area contributed by atoms with Crippen molar-refractivity contribution >= 4 is 5.97 Å². The molecule has 32 heavy (non-hydrogen) atoms. The minimum atomic E-state index is -1.64. The van der Waals surface area contributed by atoms with Gasteiger partial charge in [0.2, 0.25) is 6.29 Å². The number of carbonyl (C=O) groups excluding carboxylic acids is 1. The lowest BCUT2D eigenvalue weighted by Crippen LogP contribution is -2.56. The SMILES string of the molecule is CC12CCC3c4ccc(OC5CC(O)C(O)C(C(=O)[O-])O5)cc4CCC3C1CC(O)C2O. The molecule has 4 N–H and O–H groups in total. The first kappa shape index (κ1) is 22.1. The second kappa shape index (κ2) is 7.95. The zero-order valence-electron chi connectivity index (χ0n) is 18.1. The van der Waals surface area contributed by atoms with Crippen LogP contribution in [0.25, 0.3) is 0 Å². The van der Waals surface area contributed by atoms with Crippen LogP contribution in [-0.4, -0.2) is 63.2 Å². The molecule has 0 spiro atoms. The van der Waals surface area contributed by atoms with Crippen LogP contribution in [-0.2, 0) is 16.0 Å². The fourth-order valence-corrected chi connectivity index (χ4v) is 6.88. The van der Waals surface area contributed by atoms with Gasteiger partial charge in [0.15, 0.2) is 0 Å². The van der Waals surface area contributed by atoms with Crippen LogP contribution in [0, 0.1) is 17.3 Å². The summed E-state index contributed by atoms with van der Waals surface area (Å²) in [7, 11) is 0. The second-order valence-electron chi connectivity index (χ2n) is 10.3. The average Bonchev–Trinajstić information content (AvgIpc) is 2.99. The summed E-state index contributed by atoms with van der Waals surface area (Å²) < 4.78 is 11.1. The molecule has 3 fully saturated rings. The zero-order valence-corrected chi connectivity index (χ0v) is 18.1. The smallest absolute Gasteiger partial charge is 0.203 e. The summed E-state index contributed by atoms with van der Waals surface area (Å²) in [5.74, 6) is 0.0594. The number of fused-ring (bicyclic) bond motifs is 5. The zero-order chi connectivity index (χ0) is 22.8. The van der Waals surface area contributed by atoms with Gasteiger partial charge in [-0.15, -0.1) is 0 Å². The van der Waals surface area contributed by atoms with E-state index in [9.17, 15) is 30.3 Å². The highest BCUT2D eigenvalue weighted by molar-refractivity contribution is 5.71. The van der Waals surface area contributed by atoms with Gasteiger partial charge >= 0.3 is 0 Å². The van der Waals surface area contributed by atoms with E-state index in [0.717, 1.165) is 25.7 Å². The van der Waals surface area contributed by atoms with Crippen LogP contribution in [0.4, 0.5) is 0 Å². The Balaban J connectivity index is 1.32. The molecule has 2 saturated carbocycles. The summed E-state index contributed by atoms with van der Waals surface area (Å²) in [5.41, 5.74) is 2.24. The molecule has 8 nitrogen and oxygen atoms in total. The van der Waals surface area contributed by atoms with Gasteiger partial charge in [-0.05, 0) is 78.5 Å². The lowest BCUT2D eigenvalue weighted by Gasteiger charge is -2.49. The minimum Gasteiger partial charge on any atom is -0.547 e. The normalized spacial score (nSPS) is 45.5. The molecule has 5 rings (SSSR count). The molecule has 10 atom stereocenters. The largest absolute Gasteiger partial charge is 0.547 e. The monoisotopic (exact) mass is 447 g/mol. The van der Waals surface area contributed by atoms with Gasteiger partial charge in [0, 0.05) is 6.42 Å². The van der Waals surface area contributed by atoms with Crippen LogP contribution in [0.1, 0.15) is 56.1 Å². The third-order valence-electron chi connectivity index (χ3n) is 8.61. The number of rotatable bonds is 3. The van der Waals surface area contributed by atoms with E-state index >= 15 is 0 Å². The summed E-state index contributed by atoms with van der Waals surface area (Å²) in [5, 5.41) is 51.8. The minimum absolute atomic E-state index is 0.0440. The van der Waals surface area contributed by atoms with Crippen molar-refractivity contribution < 1.29 is 39.8 Å². The van der Waals surface area contributed by atoms with E-state index in [1.165, 1.54) is 11.1 Å². The van der Waals surface area contributed by atoms with Gasteiger partial charge in [-0.25, -0.2) is 0 Å². The number of benzene rings is 1. The number of carboxylic acid groups (broad SMARTS) is 1. The first-order valence-corrected chi connectivity index (χ1v) is 11.6. The number of carboxylic acids is 1. The third-order valence-corrected chi connectivity index (χ3v) is 8.61. The number of aryl methyl sites for hydroxylation is 1. The van der Waals surface area contributed by atoms with Crippen LogP contribution in [0.15, 0.2) is 18.2 Å². The maximum atomic E-state index is 11.2. The van der Waals surface area contributed by atoms with Crippen LogP contribution in [0.5, 0.6) is 5.75 Å². The fraction of sp³-hybridized carbons (Fsp3) is 0.708. The predicted octanol–water partition coefficient (Wildman–Crippen LogP) is -0.160. The Morgan fingerprint density at radius 3 is 2.69 bits per heavy atom. The van der Waals surface area contributed by atoms with Gasteiger partial charge in [-0.2, -0.15) is 0 Å². The van der Waals surface area contributed by atoms with E-state index in [2.05, 4.69) is 13.0 Å². The Morgan fingerprint density at radius 1 is 1.16 bits per heavy atom. The van der Waals surface area contributed by atoms with E-state index in [0.29, 0.717) is 29.9 Å². The predicted molar refractivity (Wildman–Crippen MR) is 109 cm³/mol. The lowest BCUT2D eigenvalue weighted by atomic mass is 9.55. The molecule has 0 bridgehead atoms. The first-order valence-electron chi connectivity index (χ1n) is 11.6. The van der Waals surface area contributed by atoms with Crippen LogP contribution in [0.3, 0.4) is 0 Å². The highest BCUT2D eigenvalue weighted by Crippen LogP contribution is 2.61. The molecule has 0 amide bonds. The number of aliphatic hydroxyl groups is 4. The molecule has 1 aromatic carbocycles. The Morgan fingerprint density at radius 2 is 1.94 bits per heavy atom. The van der Waals surface area contributed by atoms with Crippen molar-refractivity contribution in [3.05, 3.63) is 29.3 Å². The molecule has 8 heteroatoms. The number of aliphatic carboxylic acids is 1. The average molecular weight is 448 g/mol. The van der Waals surface area contributed by atoms with Crippen molar-refractivity contribution in [3.8, 4) is 5.75 Å². The van der Waals surface area contributed by atoms with E-state index in [1.54, 1.807) is 0 Å². The Labute approximate surface area is 186 Å². The topological polar surface area (TPSA) is 140 Å². The van der Waals surface area contributed by atoms with Gasteiger partial charge < -0.3 is 39.8 Å². The summed E-state index contributed by atoms with van der Waals surface area (Å²) in [6, 6.07) is 5.84. The molecule has 0 radical (unpaired) electrons. The summed E-state index contributed by atoms with van der Waals surface area (Å²) in [6.07, 6.45) is -2.45. The molecule has 1 aromatic rings. The van der Waals surface area contributed by atoms with Gasteiger partial charge in [-0.3, -0.25) is 0 Å². The van der Waals surface area contributed by atoms with Gasteiger partial charge in [0.05, 0.1) is 24.3 Å². The van der Waals surface area contributed by atoms with E-state index in [1.807, 2.05) is 12.1 Å². The lowest BCUT2D eigenvalue weighted by molar-refractivity contribution is -0.334. The molecule has 1 heterocycles. The Bertz CT molecular complexity index is 889. The molecular weight excluding hydrogens is 416 g/mol. The molecule has 10 unspecified atom stereocenters. The quantitative estimate of drug-likeness (QED) is 0.501. The van der Waals surface area contributed by atoms with E-state index in [4.69, 9.17) is 9.47 Å². The summed E-state index contributed by atoms with van der Waals surface area (Å²) in [4.78, 5) is 11.2. The van der Waals surface area contributed by atoms with Crippen LogP contribution in [0.2, 0.25) is 0 Å². The van der Waals surface area contributed by atoms with Crippen molar-refractivity contribution in [3.63, 3.8) is 0 Å². The van der Waals surface area contributed by atoms with Crippen molar-refractivity contribution in [1.82, 2.24) is 0 Å². The Kier molecular flexibility index (Phi) is 5.49. The van der Waals surface area contributed by atoms with Crippen molar-refractivity contribution in [2.45, 2.75) is 88.2 Å². The summed E-state index contributed by atoms with van der Waals surface area (Å²) >= 11 is 0. The fourth-order valence-electron chi connectivity index (χ4n) is 6.88. The van der Waals surface area contributed by atoms with Crippen molar-refractivity contribution in [2.75, 3.05) is 0 Å². The highest BCUT2D eigenvalue weighted by atomic mass is 16.7. The number of aliphatic hydroxyl groups excluding tert-OH is 4. The second-order valence-corrected chi connectivity index (χ2v) is 10.3.